The number of benzene rings is 2. The molecule has 0 radical (unpaired) electrons. The van der Waals surface area contributed by atoms with Crippen molar-refractivity contribution in [2.45, 2.75) is 6.92 Å². The van der Waals surface area contributed by atoms with Crippen LogP contribution in [-0.4, -0.2) is 45.4 Å². The van der Waals surface area contributed by atoms with Crippen molar-refractivity contribution in [2.75, 3.05) is 18.6 Å². The number of amides is 1. The van der Waals surface area contributed by atoms with Crippen LogP contribution >= 0.6 is 23.2 Å². The number of para-hydroxylation sites is 1. The molecule has 150 valence electrons. The number of hydrogen-bond acceptors (Lipinski definition) is 6. The van der Waals surface area contributed by atoms with Crippen LogP contribution in [0.15, 0.2) is 47.3 Å². The first-order chi connectivity index (χ1) is 13.9. The SMILES string of the molecule is CCN(C(=O)n1nnn(-c2c(Cl)cccc2Cl)c1=O)c1ccc(C(=O)OC)cc1. The molecule has 1 amide bonds. The van der Waals surface area contributed by atoms with E-state index in [1.807, 2.05) is 0 Å². The van der Waals surface area contributed by atoms with Gasteiger partial charge >= 0.3 is 17.7 Å². The van der Waals surface area contributed by atoms with E-state index in [0.29, 0.717) is 15.9 Å². The van der Waals surface area contributed by atoms with Gasteiger partial charge in [-0.25, -0.2) is 14.4 Å². The molecule has 0 aliphatic heterocycles. The van der Waals surface area contributed by atoms with Crippen LogP contribution < -0.4 is 10.6 Å². The summed E-state index contributed by atoms with van der Waals surface area (Å²) >= 11 is 12.2. The summed E-state index contributed by atoms with van der Waals surface area (Å²) in [6.45, 7) is 1.97. The van der Waals surface area contributed by atoms with E-state index in [9.17, 15) is 14.4 Å². The van der Waals surface area contributed by atoms with Crippen LogP contribution in [0.2, 0.25) is 10.0 Å². The zero-order chi connectivity index (χ0) is 21.1. The lowest BCUT2D eigenvalue weighted by molar-refractivity contribution is 0.0600. The summed E-state index contributed by atoms with van der Waals surface area (Å²) in [5.41, 5.74) is 0.0959. The number of nitrogens with zero attached hydrogens (tertiary/aromatic N) is 5. The van der Waals surface area contributed by atoms with E-state index in [1.165, 1.54) is 36.3 Å². The fraction of sp³-hybridized carbons (Fsp3) is 0.167. The summed E-state index contributed by atoms with van der Waals surface area (Å²) in [4.78, 5) is 38.5. The Morgan fingerprint density at radius 3 is 2.24 bits per heavy atom. The van der Waals surface area contributed by atoms with Crippen LogP contribution in [0.5, 0.6) is 0 Å². The molecule has 3 aromatic rings. The van der Waals surface area contributed by atoms with E-state index in [1.54, 1.807) is 25.1 Å². The molecule has 0 N–H and O–H groups in total. The largest absolute Gasteiger partial charge is 0.465 e. The van der Waals surface area contributed by atoms with Gasteiger partial charge in [-0.1, -0.05) is 29.3 Å². The van der Waals surface area contributed by atoms with Gasteiger partial charge in [-0.15, -0.1) is 4.68 Å². The Morgan fingerprint density at radius 2 is 1.69 bits per heavy atom. The molecule has 0 saturated carbocycles. The molecule has 0 fully saturated rings. The van der Waals surface area contributed by atoms with Crippen molar-refractivity contribution in [2.24, 2.45) is 0 Å². The first kappa shape index (κ1) is 20.6. The van der Waals surface area contributed by atoms with Gasteiger partial charge in [0.05, 0.1) is 22.7 Å². The standard InChI is InChI=1S/C18H15Cl2N5O4/c1-3-23(12-9-7-11(8-10-12)16(26)29-2)17(27)25-18(28)24(21-22-25)15-13(19)5-4-6-14(15)20/h4-10H,3H2,1-2H3. The topological polar surface area (TPSA) is 99.3 Å². The maximum absolute atomic E-state index is 12.9. The molecule has 1 heterocycles. The fourth-order valence-corrected chi connectivity index (χ4v) is 3.19. The smallest absolute Gasteiger partial charge is 0.377 e. The Kier molecular flexibility index (Phi) is 6.00. The van der Waals surface area contributed by atoms with E-state index in [4.69, 9.17) is 23.2 Å². The van der Waals surface area contributed by atoms with Crippen LogP contribution in [0.1, 0.15) is 17.3 Å². The molecule has 0 aliphatic rings. The van der Waals surface area contributed by atoms with Gasteiger partial charge in [-0.05, 0) is 53.7 Å². The van der Waals surface area contributed by atoms with Gasteiger partial charge in [0.25, 0.3) is 0 Å². The summed E-state index contributed by atoms with van der Waals surface area (Å²) in [7, 11) is 1.28. The minimum absolute atomic E-state index is 0.130. The molecule has 0 atom stereocenters. The molecule has 11 heteroatoms. The minimum Gasteiger partial charge on any atom is -0.465 e. The number of rotatable bonds is 4. The number of esters is 1. The van der Waals surface area contributed by atoms with Gasteiger partial charge in [-0.3, -0.25) is 4.90 Å². The summed E-state index contributed by atoms with van der Waals surface area (Å²) in [6.07, 6.45) is 0. The Bertz CT molecular complexity index is 1100. The van der Waals surface area contributed by atoms with E-state index < -0.39 is 17.7 Å². The number of carbonyl (C=O) groups excluding carboxylic acids is 2. The van der Waals surface area contributed by atoms with Gasteiger partial charge in [0, 0.05) is 12.2 Å². The van der Waals surface area contributed by atoms with Gasteiger partial charge in [0.2, 0.25) is 0 Å². The lowest BCUT2D eigenvalue weighted by Gasteiger charge is -2.19. The lowest BCUT2D eigenvalue weighted by Crippen LogP contribution is -2.41. The second-order valence-corrected chi connectivity index (χ2v) is 6.54. The third-order valence-corrected chi connectivity index (χ3v) is 4.67. The summed E-state index contributed by atoms with van der Waals surface area (Å²) < 4.78 is 6.12. The van der Waals surface area contributed by atoms with Crippen molar-refractivity contribution in [3.63, 3.8) is 0 Å². The number of aromatic nitrogens is 4. The maximum Gasteiger partial charge on any atom is 0.377 e. The molecule has 0 unspecified atom stereocenters. The highest BCUT2D eigenvalue weighted by atomic mass is 35.5. The number of methoxy groups -OCH3 is 1. The van der Waals surface area contributed by atoms with Crippen LogP contribution in [0.25, 0.3) is 5.69 Å². The quantitative estimate of drug-likeness (QED) is 0.461. The highest BCUT2D eigenvalue weighted by molar-refractivity contribution is 6.37. The van der Waals surface area contributed by atoms with Crippen molar-refractivity contribution in [3.8, 4) is 5.69 Å². The van der Waals surface area contributed by atoms with E-state index in [-0.39, 0.29) is 22.3 Å². The third-order valence-electron chi connectivity index (χ3n) is 4.06. The predicted octanol–water partition coefficient (Wildman–Crippen LogP) is 3.02. The second-order valence-electron chi connectivity index (χ2n) is 5.72. The zero-order valence-electron chi connectivity index (χ0n) is 15.4. The molecular weight excluding hydrogens is 421 g/mol. The molecule has 0 aliphatic carbocycles. The van der Waals surface area contributed by atoms with E-state index in [2.05, 4.69) is 15.2 Å². The van der Waals surface area contributed by atoms with Crippen LogP contribution in [-0.2, 0) is 4.74 Å². The van der Waals surface area contributed by atoms with Crippen molar-refractivity contribution in [1.82, 2.24) is 19.8 Å². The molecule has 29 heavy (non-hydrogen) atoms. The van der Waals surface area contributed by atoms with Crippen LogP contribution in [0, 0.1) is 0 Å². The van der Waals surface area contributed by atoms with Crippen molar-refractivity contribution in [1.29, 1.82) is 0 Å². The molecule has 9 nitrogen and oxygen atoms in total. The number of hydrogen-bond donors (Lipinski definition) is 0. The fourth-order valence-electron chi connectivity index (χ4n) is 2.64. The molecule has 3 rings (SSSR count). The maximum atomic E-state index is 12.9. The van der Waals surface area contributed by atoms with Crippen LogP contribution in [0.3, 0.4) is 0 Å². The predicted molar refractivity (Wildman–Crippen MR) is 107 cm³/mol. The van der Waals surface area contributed by atoms with Gasteiger partial charge in [0.15, 0.2) is 0 Å². The first-order valence-electron chi connectivity index (χ1n) is 8.38. The number of halogens is 2. The number of ether oxygens (including phenoxy) is 1. The summed E-state index contributed by atoms with van der Waals surface area (Å²) in [5, 5.41) is 7.76. The average molecular weight is 436 g/mol. The average Bonchev–Trinajstić information content (AvgIpc) is 3.09. The molecule has 0 bridgehead atoms. The first-order valence-corrected chi connectivity index (χ1v) is 9.14. The minimum atomic E-state index is -0.824. The second kappa shape index (κ2) is 8.46. The normalized spacial score (nSPS) is 10.6. The van der Waals surface area contributed by atoms with Crippen LogP contribution in [0.4, 0.5) is 10.5 Å². The highest BCUT2D eigenvalue weighted by Gasteiger charge is 2.23. The lowest BCUT2D eigenvalue weighted by atomic mass is 10.2. The molecular formula is C18H15Cl2N5O4. The number of carbonyl (C=O) groups is 2. The molecule has 1 aromatic heterocycles. The molecule has 0 saturated heterocycles. The Hall–Kier alpha value is -3.17. The summed E-state index contributed by atoms with van der Waals surface area (Å²) in [6, 6.07) is 10.1. The third kappa shape index (κ3) is 3.87. The van der Waals surface area contributed by atoms with Gasteiger partial charge < -0.3 is 4.74 Å². The number of anilines is 1. The van der Waals surface area contributed by atoms with E-state index >= 15 is 0 Å². The monoisotopic (exact) mass is 435 g/mol. The van der Waals surface area contributed by atoms with E-state index in [0.717, 1.165) is 4.68 Å². The Morgan fingerprint density at radius 1 is 1.07 bits per heavy atom. The Balaban J connectivity index is 1.96. The molecule has 2 aromatic carbocycles. The van der Waals surface area contributed by atoms with Crippen molar-refractivity contribution >= 4 is 40.9 Å². The Labute approximate surface area is 175 Å². The highest BCUT2D eigenvalue weighted by Crippen LogP contribution is 2.26. The van der Waals surface area contributed by atoms with Crippen molar-refractivity contribution in [3.05, 3.63) is 68.6 Å². The zero-order valence-corrected chi connectivity index (χ0v) is 16.9. The number of tetrazole rings is 1. The van der Waals surface area contributed by atoms with Gasteiger partial charge in [0.1, 0.15) is 5.69 Å². The molecule has 0 spiro atoms. The van der Waals surface area contributed by atoms with Crippen molar-refractivity contribution < 1.29 is 14.3 Å². The summed E-state index contributed by atoms with van der Waals surface area (Å²) in [5.74, 6) is -0.498. The van der Waals surface area contributed by atoms with Gasteiger partial charge in [-0.2, -0.15) is 4.68 Å².